The van der Waals surface area contributed by atoms with Gasteiger partial charge in [-0.05, 0) is 19.1 Å². The van der Waals surface area contributed by atoms with E-state index < -0.39 is 0 Å². The van der Waals surface area contributed by atoms with Crippen molar-refractivity contribution in [3.63, 3.8) is 0 Å². The molecular weight excluding hydrogens is 146 g/mol. The van der Waals surface area contributed by atoms with Gasteiger partial charge in [0.15, 0.2) is 0 Å². The van der Waals surface area contributed by atoms with Crippen LogP contribution in [0.25, 0.3) is 6.08 Å². The van der Waals surface area contributed by atoms with Crippen LogP contribution >= 0.6 is 11.3 Å². The van der Waals surface area contributed by atoms with Crippen molar-refractivity contribution in [2.75, 3.05) is 0 Å². The standard InChI is InChI=1S/C7H7NOS/c1-6-8-7(5-10-6)3-2-4-9/h2-5H,1H3/b3-2+. The molecular formula is C7H7NOS. The van der Waals surface area contributed by atoms with Crippen molar-refractivity contribution in [1.29, 1.82) is 0 Å². The topological polar surface area (TPSA) is 30.0 Å². The Balaban J connectivity index is 2.75. The van der Waals surface area contributed by atoms with Crippen LogP contribution in [0, 0.1) is 6.92 Å². The minimum Gasteiger partial charge on any atom is -0.299 e. The molecule has 0 saturated heterocycles. The molecule has 0 atom stereocenters. The number of allylic oxidation sites excluding steroid dienone is 1. The fourth-order valence-electron chi connectivity index (χ4n) is 0.595. The molecule has 0 aromatic carbocycles. The number of aryl methyl sites for hydroxylation is 1. The van der Waals surface area contributed by atoms with Crippen LogP contribution in [0.5, 0.6) is 0 Å². The number of aldehydes is 1. The molecule has 1 rings (SSSR count). The van der Waals surface area contributed by atoms with E-state index in [1.165, 1.54) is 6.08 Å². The quantitative estimate of drug-likeness (QED) is 0.477. The van der Waals surface area contributed by atoms with Crippen LogP contribution in [-0.4, -0.2) is 11.3 Å². The summed E-state index contributed by atoms with van der Waals surface area (Å²) in [6.07, 6.45) is 3.87. The van der Waals surface area contributed by atoms with Crippen LogP contribution in [0.4, 0.5) is 0 Å². The molecule has 0 bridgehead atoms. The molecule has 0 aliphatic carbocycles. The van der Waals surface area contributed by atoms with E-state index in [-0.39, 0.29) is 0 Å². The Morgan fingerprint density at radius 1 is 1.70 bits per heavy atom. The van der Waals surface area contributed by atoms with Gasteiger partial charge in [-0.1, -0.05) is 0 Å². The number of carbonyl (C=O) groups excluding carboxylic acids is 1. The van der Waals surface area contributed by atoms with E-state index in [0.29, 0.717) is 0 Å². The second-order valence-electron chi connectivity index (χ2n) is 1.79. The molecule has 0 aliphatic heterocycles. The summed E-state index contributed by atoms with van der Waals surface area (Å²) in [5.41, 5.74) is 0.856. The van der Waals surface area contributed by atoms with Gasteiger partial charge >= 0.3 is 0 Å². The lowest BCUT2D eigenvalue weighted by Gasteiger charge is -1.76. The average Bonchev–Trinajstić information content (AvgIpc) is 2.31. The smallest absolute Gasteiger partial charge is 0.142 e. The summed E-state index contributed by atoms with van der Waals surface area (Å²) in [5, 5.41) is 2.93. The second kappa shape index (κ2) is 3.27. The van der Waals surface area contributed by atoms with Gasteiger partial charge in [-0.15, -0.1) is 11.3 Å². The summed E-state index contributed by atoms with van der Waals surface area (Å²) < 4.78 is 0. The molecule has 0 amide bonds. The van der Waals surface area contributed by atoms with Crippen LogP contribution in [0.1, 0.15) is 10.7 Å². The Morgan fingerprint density at radius 3 is 3.00 bits per heavy atom. The number of hydrogen-bond donors (Lipinski definition) is 0. The molecule has 0 unspecified atom stereocenters. The van der Waals surface area contributed by atoms with Crippen molar-refractivity contribution in [2.24, 2.45) is 0 Å². The zero-order valence-electron chi connectivity index (χ0n) is 5.57. The predicted molar refractivity (Wildman–Crippen MR) is 41.9 cm³/mol. The summed E-state index contributed by atoms with van der Waals surface area (Å²) in [6, 6.07) is 0. The van der Waals surface area contributed by atoms with Gasteiger partial charge in [-0.3, -0.25) is 4.79 Å². The van der Waals surface area contributed by atoms with Gasteiger partial charge in [0.25, 0.3) is 0 Å². The van der Waals surface area contributed by atoms with E-state index in [0.717, 1.165) is 17.0 Å². The third-order valence-corrected chi connectivity index (χ3v) is 1.77. The average molecular weight is 153 g/mol. The van der Waals surface area contributed by atoms with E-state index in [4.69, 9.17) is 0 Å². The largest absolute Gasteiger partial charge is 0.299 e. The molecule has 0 fully saturated rings. The highest BCUT2D eigenvalue weighted by Crippen LogP contribution is 2.08. The Kier molecular flexibility index (Phi) is 2.34. The maximum atomic E-state index is 9.87. The fraction of sp³-hybridized carbons (Fsp3) is 0.143. The molecule has 0 spiro atoms. The molecule has 0 N–H and O–H groups in total. The first-order chi connectivity index (χ1) is 4.83. The van der Waals surface area contributed by atoms with Gasteiger partial charge in [-0.25, -0.2) is 4.98 Å². The summed E-state index contributed by atoms with van der Waals surface area (Å²) in [7, 11) is 0. The van der Waals surface area contributed by atoms with E-state index >= 15 is 0 Å². The molecule has 1 aromatic rings. The second-order valence-corrected chi connectivity index (χ2v) is 2.85. The Morgan fingerprint density at radius 2 is 2.50 bits per heavy atom. The maximum Gasteiger partial charge on any atom is 0.142 e. The summed E-state index contributed by atoms with van der Waals surface area (Å²) in [6.45, 7) is 1.93. The zero-order valence-corrected chi connectivity index (χ0v) is 6.39. The number of rotatable bonds is 2. The van der Waals surface area contributed by atoms with Gasteiger partial charge in [0.2, 0.25) is 0 Å². The van der Waals surface area contributed by atoms with Crippen LogP contribution < -0.4 is 0 Å². The molecule has 2 nitrogen and oxygen atoms in total. The zero-order chi connectivity index (χ0) is 7.40. The highest BCUT2D eigenvalue weighted by atomic mass is 32.1. The van der Waals surface area contributed by atoms with E-state index in [1.807, 2.05) is 12.3 Å². The molecule has 10 heavy (non-hydrogen) atoms. The lowest BCUT2D eigenvalue weighted by molar-refractivity contribution is -0.104. The number of aromatic nitrogens is 1. The van der Waals surface area contributed by atoms with E-state index in [1.54, 1.807) is 17.4 Å². The van der Waals surface area contributed by atoms with E-state index in [9.17, 15) is 4.79 Å². The molecule has 0 aliphatic rings. The maximum absolute atomic E-state index is 9.87. The SMILES string of the molecule is Cc1nc(/C=C/C=O)cs1. The lowest BCUT2D eigenvalue weighted by Crippen LogP contribution is -1.70. The van der Waals surface area contributed by atoms with Crippen molar-refractivity contribution in [3.8, 4) is 0 Å². The first-order valence-corrected chi connectivity index (χ1v) is 3.75. The Bertz CT molecular complexity index is 252. The third kappa shape index (κ3) is 1.77. The molecule has 52 valence electrons. The molecule has 3 heteroatoms. The van der Waals surface area contributed by atoms with Crippen molar-refractivity contribution < 1.29 is 4.79 Å². The summed E-state index contributed by atoms with van der Waals surface area (Å²) in [5.74, 6) is 0. The third-order valence-electron chi connectivity index (χ3n) is 0.982. The Labute approximate surface area is 63.2 Å². The van der Waals surface area contributed by atoms with Crippen molar-refractivity contribution >= 4 is 23.7 Å². The van der Waals surface area contributed by atoms with Gasteiger partial charge in [0.05, 0.1) is 10.7 Å². The molecule has 1 heterocycles. The van der Waals surface area contributed by atoms with E-state index in [2.05, 4.69) is 4.98 Å². The van der Waals surface area contributed by atoms with Gasteiger partial charge in [0, 0.05) is 5.38 Å². The minimum atomic E-state index is 0.745. The van der Waals surface area contributed by atoms with Crippen molar-refractivity contribution in [3.05, 3.63) is 22.2 Å². The minimum absolute atomic E-state index is 0.745. The first kappa shape index (κ1) is 7.15. The highest BCUT2D eigenvalue weighted by Gasteiger charge is 1.90. The Hall–Kier alpha value is -0.960. The number of carbonyl (C=O) groups is 1. The van der Waals surface area contributed by atoms with Gasteiger partial charge in [-0.2, -0.15) is 0 Å². The van der Waals surface area contributed by atoms with Gasteiger partial charge in [0.1, 0.15) is 6.29 Å². The number of thiazole rings is 1. The van der Waals surface area contributed by atoms with Crippen LogP contribution in [0.3, 0.4) is 0 Å². The fourth-order valence-corrected chi connectivity index (χ4v) is 1.18. The lowest BCUT2D eigenvalue weighted by atomic mass is 10.4. The van der Waals surface area contributed by atoms with Crippen molar-refractivity contribution in [2.45, 2.75) is 6.92 Å². The van der Waals surface area contributed by atoms with Crippen LogP contribution in [0.15, 0.2) is 11.5 Å². The number of hydrogen-bond acceptors (Lipinski definition) is 3. The highest BCUT2D eigenvalue weighted by molar-refractivity contribution is 7.09. The van der Waals surface area contributed by atoms with Gasteiger partial charge < -0.3 is 0 Å². The van der Waals surface area contributed by atoms with Crippen molar-refractivity contribution in [1.82, 2.24) is 4.98 Å². The number of nitrogens with zero attached hydrogens (tertiary/aromatic N) is 1. The van der Waals surface area contributed by atoms with Crippen LogP contribution in [0.2, 0.25) is 0 Å². The summed E-state index contributed by atoms with van der Waals surface area (Å²) >= 11 is 1.58. The first-order valence-electron chi connectivity index (χ1n) is 2.87. The monoisotopic (exact) mass is 153 g/mol. The molecule has 0 radical (unpaired) electrons. The summed E-state index contributed by atoms with van der Waals surface area (Å²) in [4.78, 5) is 14.0. The van der Waals surface area contributed by atoms with Crippen LogP contribution in [-0.2, 0) is 4.79 Å². The molecule has 0 saturated carbocycles. The normalized spacial score (nSPS) is 10.5. The molecule has 1 aromatic heterocycles. The predicted octanol–water partition coefficient (Wildman–Crippen LogP) is 1.66.